The van der Waals surface area contributed by atoms with Crippen LogP contribution in [0.3, 0.4) is 0 Å². The number of aryl methyl sites for hydroxylation is 1. The number of methoxy groups -OCH3 is 1. The van der Waals surface area contributed by atoms with E-state index in [0.29, 0.717) is 6.42 Å². The zero-order valence-electron chi connectivity index (χ0n) is 10.9. The summed E-state index contributed by atoms with van der Waals surface area (Å²) in [6.45, 7) is 3.43. The predicted octanol–water partition coefficient (Wildman–Crippen LogP) is 2.15. The average Bonchev–Trinajstić information content (AvgIpc) is 2.35. The lowest BCUT2D eigenvalue weighted by molar-refractivity contribution is -0.156. The van der Waals surface area contributed by atoms with Crippen LogP contribution in [0.15, 0.2) is 24.3 Å². The molecule has 1 rings (SSSR count). The van der Waals surface area contributed by atoms with E-state index in [-0.39, 0.29) is 12.5 Å². The van der Waals surface area contributed by atoms with Gasteiger partial charge in [-0.25, -0.2) is 4.79 Å². The fourth-order valence-corrected chi connectivity index (χ4v) is 1.43. The summed E-state index contributed by atoms with van der Waals surface area (Å²) in [7, 11) is 1.60. The molecule has 0 aliphatic rings. The van der Waals surface area contributed by atoms with Crippen molar-refractivity contribution in [2.24, 2.45) is 0 Å². The quantitative estimate of drug-likeness (QED) is 0.573. The first kappa shape index (κ1) is 14.2. The van der Waals surface area contributed by atoms with Gasteiger partial charge in [-0.3, -0.25) is 4.79 Å². The molecule has 4 nitrogen and oxygen atoms in total. The highest BCUT2D eigenvalue weighted by Gasteiger charge is 2.16. The van der Waals surface area contributed by atoms with E-state index in [2.05, 4.69) is 0 Å². The molecule has 0 aliphatic carbocycles. The topological polar surface area (TPSA) is 52.6 Å². The maximum atomic E-state index is 11.5. The number of hydrogen-bond donors (Lipinski definition) is 0. The van der Waals surface area contributed by atoms with Crippen molar-refractivity contribution in [1.82, 2.24) is 0 Å². The Morgan fingerprint density at radius 3 is 2.28 bits per heavy atom. The zero-order chi connectivity index (χ0) is 13.5. The molecule has 0 fully saturated rings. The van der Waals surface area contributed by atoms with Crippen LogP contribution in [-0.2, 0) is 20.7 Å². The van der Waals surface area contributed by atoms with Crippen molar-refractivity contribution in [3.63, 3.8) is 0 Å². The fourth-order valence-electron chi connectivity index (χ4n) is 1.43. The third kappa shape index (κ3) is 4.57. The van der Waals surface area contributed by atoms with Crippen LogP contribution in [0.25, 0.3) is 0 Å². The Morgan fingerprint density at radius 2 is 1.78 bits per heavy atom. The highest BCUT2D eigenvalue weighted by atomic mass is 16.5. The number of rotatable bonds is 6. The molecule has 1 aromatic rings. The lowest BCUT2D eigenvalue weighted by atomic mass is 10.1. The molecule has 0 atom stereocenters. The molecule has 0 unspecified atom stereocenters. The van der Waals surface area contributed by atoms with Gasteiger partial charge in [0.1, 0.15) is 5.75 Å². The minimum Gasteiger partial charge on any atom is -0.497 e. The van der Waals surface area contributed by atoms with Crippen LogP contribution in [0, 0.1) is 0 Å². The van der Waals surface area contributed by atoms with Crippen LogP contribution >= 0.6 is 0 Å². The summed E-state index contributed by atoms with van der Waals surface area (Å²) < 4.78 is 9.86. The first-order chi connectivity index (χ1) is 8.52. The maximum Gasteiger partial charge on any atom is 0.374 e. The van der Waals surface area contributed by atoms with E-state index in [1.54, 1.807) is 21.0 Å². The highest BCUT2D eigenvalue weighted by molar-refractivity contribution is 6.33. The molecule has 0 N–H and O–H groups in total. The number of ketones is 1. The number of benzene rings is 1. The molecule has 0 heterocycles. The Morgan fingerprint density at radius 1 is 1.17 bits per heavy atom. The predicted molar refractivity (Wildman–Crippen MR) is 67.6 cm³/mol. The molecule has 0 aromatic heterocycles. The van der Waals surface area contributed by atoms with Gasteiger partial charge < -0.3 is 9.47 Å². The Bertz CT molecular complexity index is 406. The van der Waals surface area contributed by atoms with Crippen LogP contribution in [0.5, 0.6) is 5.75 Å². The number of Topliss-reactive ketones (excluding diaryl/α,β-unsaturated/α-hetero) is 1. The SMILES string of the molecule is COc1ccc(CCC(=O)C(=O)OC(C)C)cc1. The second-order valence-electron chi connectivity index (χ2n) is 4.23. The van der Waals surface area contributed by atoms with Gasteiger partial charge in [0.25, 0.3) is 0 Å². The smallest absolute Gasteiger partial charge is 0.374 e. The first-order valence-corrected chi connectivity index (χ1v) is 5.89. The first-order valence-electron chi connectivity index (χ1n) is 5.89. The van der Waals surface area contributed by atoms with E-state index < -0.39 is 11.8 Å². The molecule has 0 saturated heterocycles. The lowest BCUT2D eigenvalue weighted by Crippen LogP contribution is -2.21. The van der Waals surface area contributed by atoms with Gasteiger partial charge in [0.15, 0.2) is 0 Å². The molecule has 98 valence electrons. The summed E-state index contributed by atoms with van der Waals surface area (Å²) in [5.41, 5.74) is 0.987. The number of ether oxygens (including phenoxy) is 2. The lowest BCUT2D eigenvalue weighted by Gasteiger charge is -2.07. The minimum absolute atomic E-state index is 0.165. The largest absolute Gasteiger partial charge is 0.497 e. The molecule has 1 aromatic carbocycles. The molecule has 0 amide bonds. The summed E-state index contributed by atoms with van der Waals surface area (Å²) in [4.78, 5) is 22.8. The standard InChI is InChI=1S/C14H18O4/c1-10(2)18-14(16)13(15)9-6-11-4-7-12(17-3)8-5-11/h4-5,7-8,10H,6,9H2,1-3H3. The van der Waals surface area contributed by atoms with Gasteiger partial charge in [-0.2, -0.15) is 0 Å². The van der Waals surface area contributed by atoms with Crippen molar-refractivity contribution in [3.05, 3.63) is 29.8 Å². The molecule has 0 aliphatic heterocycles. The normalized spacial score (nSPS) is 10.2. The van der Waals surface area contributed by atoms with Crippen LogP contribution in [-0.4, -0.2) is 25.0 Å². The number of esters is 1. The Labute approximate surface area is 107 Å². The zero-order valence-corrected chi connectivity index (χ0v) is 10.9. The number of carbonyl (C=O) groups is 2. The van der Waals surface area contributed by atoms with E-state index in [9.17, 15) is 9.59 Å². The van der Waals surface area contributed by atoms with Crippen LogP contribution in [0.4, 0.5) is 0 Å². The van der Waals surface area contributed by atoms with Crippen molar-refractivity contribution < 1.29 is 19.1 Å². The molecule has 18 heavy (non-hydrogen) atoms. The summed E-state index contributed by atoms with van der Waals surface area (Å²) in [5.74, 6) is -0.470. The summed E-state index contributed by atoms with van der Waals surface area (Å²) >= 11 is 0. The van der Waals surface area contributed by atoms with E-state index in [4.69, 9.17) is 9.47 Å². The van der Waals surface area contributed by atoms with Crippen LogP contribution in [0.2, 0.25) is 0 Å². The van der Waals surface area contributed by atoms with Gasteiger partial charge in [-0.05, 0) is 38.0 Å². The Kier molecular flexibility index (Phi) is 5.36. The summed E-state index contributed by atoms with van der Waals surface area (Å²) in [6.07, 6.45) is 0.427. The Hall–Kier alpha value is -1.84. The van der Waals surface area contributed by atoms with Crippen LogP contribution < -0.4 is 4.74 Å². The molecule has 0 bridgehead atoms. The molecular weight excluding hydrogens is 232 g/mol. The molecule has 0 radical (unpaired) electrons. The number of carbonyl (C=O) groups excluding carboxylic acids is 2. The van der Waals surface area contributed by atoms with Gasteiger partial charge in [-0.15, -0.1) is 0 Å². The van der Waals surface area contributed by atoms with Gasteiger partial charge >= 0.3 is 5.97 Å². The summed E-state index contributed by atoms with van der Waals surface area (Å²) in [6, 6.07) is 7.40. The van der Waals surface area contributed by atoms with Gasteiger partial charge in [0.05, 0.1) is 13.2 Å². The molecule has 4 heteroatoms. The van der Waals surface area contributed by atoms with E-state index in [1.807, 2.05) is 24.3 Å². The fraction of sp³-hybridized carbons (Fsp3) is 0.429. The third-order valence-corrected chi connectivity index (χ3v) is 2.37. The number of hydrogen-bond acceptors (Lipinski definition) is 4. The monoisotopic (exact) mass is 250 g/mol. The minimum atomic E-state index is -0.751. The van der Waals surface area contributed by atoms with E-state index >= 15 is 0 Å². The van der Waals surface area contributed by atoms with Gasteiger partial charge in [-0.1, -0.05) is 12.1 Å². The third-order valence-electron chi connectivity index (χ3n) is 2.37. The molecular formula is C14H18O4. The second-order valence-corrected chi connectivity index (χ2v) is 4.23. The molecule has 0 spiro atoms. The van der Waals surface area contributed by atoms with E-state index in [1.165, 1.54) is 0 Å². The maximum absolute atomic E-state index is 11.5. The van der Waals surface area contributed by atoms with Crippen molar-refractivity contribution >= 4 is 11.8 Å². The second kappa shape index (κ2) is 6.79. The summed E-state index contributed by atoms with van der Waals surface area (Å²) in [5, 5.41) is 0. The average molecular weight is 250 g/mol. The van der Waals surface area contributed by atoms with Crippen LogP contribution in [0.1, 0.15) is 25.8 Å². The van der Waals surface area contributed by atoms with Crippen molar-refractivity contribution in [2.75, 3.05) is 7.11 Å². The van der Waals surface area contributed by atoms with E-state index in [0.717, 1.165) is 11.3 Å². The van der Waals surface area contributed by atoms with Gasteiger partial charge in [0.2, 0.25) is 5.78 Å². The Balaban J connectivity index is 2.44. The highest BCUT2D eigenvalue weighted by Crippen LogP contribution is 2.12. The van der Waals surface area contributed by atoms with Gasteiger partial charge in [0, 0.05) is 6.42 Å². The van der Waals surface area contributed by atoms with Crippen molar-refractivity contribution in [2.45, 2.75) is 32.8 Å². The molecule has 0 saturated carbocycles. The van der Waals surface area contributed by atoms with Crippen molar-refractivity contribution in [3.8, 4) is 5.75 Å². The van der Waals surface area contributed by atoms with Crippen molar-refractivity contribution in [1.29, 1.82) is 0 Å².